The molecular formula is C20H20FNS2. The maximum absolute atomic E-state index is 13.3. The Morgan fingerprint density at radius 2 is 1.58 bits per heavy atom. The molecule has 0 amide bonds. The van der Waals surface area contributed by atoms with Gasteiger partial charge in [-0.05, 0) is 61.8 Å². The van der Waals surface area contributed by atoms with Crippen LogP contribution in [-0.4, -0.2) is 25.3 Å². The molecule has 3 rings (SSSR count). The standard InChI is InChI=1S/C20H20FNS2/c1-22(2)13-18-12-19(14-6-10-17(23-3)11-7-14)20(24-18)15-4-8-16(21)9-5-15/h4-12H,13H2,1-3H3. The number of halogens is 1. The minimum Gasteiger partial charge on any atom is -0.304 e. The Labute approximate surface area is 151 Å². The molecule has 0 spiro atoms. The third kappa shape index (κ3) is 3.89. The van der Waals surface area contributed by atoms with E-state index in [9.17, 15) is 4.39 Å². The lowest BCUT2D eigenvalue weighted by Gasteiger charge is -2.06. The summed E-state index contributed by atoms with van der Waals surface area (Å²) in [6, 6.07) is 17.7. The van der Waals surface area contributed by atoms with Gasteiger partial charge in [-0.15, -0.1) is 23.1 Å². The van der Waals surface area contributed by atoms with Crippen LogP contribution in [0.1, 0.15) is 4.88 Å². The molecule has 0 saturated carbocycles. The first kappa shape index (κ1) is 17.2. The van der Waals surface area contributed by atoms with Crippen LogP contribution in [0.15, 0.2) is 59.5 Å². The molecule has 0 fully saturated rings. The minimum absolute atomic E-state index is 0.199. The van der Waals surface area contributed by atoms with Gasteiger partial charge in [-0.1, -0.05) is 24.3 Å². The molecule has 0 N–H and O–H groups in total. The van der Waals surface area contributed by atoms with Crippen LogP contribution in [0.25, 0.3) is 21.6 Å². The fourth-order valence-electron chi connectivity index (χ4n) is 2.63. The number of benzene rings is 2. The van der Waals surface area contributed by atoms with Gasteiger partial charge in [-0.3, -0.25) is 0 Å². The third-order valence-corrected chi connectivity index (χ3v) is 5.68. The Balaban J connectivity index is 2.07. The second-order valence-electron chi connectivity index (χ2n) is 5.93. The number of thioether (sulfide) groups is 1. The van der Waals surface area contributed by atoms with Crippen molar-refractivity contribution in [2.45, 2.75) is 11.4 Å². The van der Waals surface area contributed by atoms with Crippen LogP contribution in [0.3, 0.4) is 0 Å². The molecule has 0 aliphatic carbocycles. The summed E-state index contributed by atoms with van der Waals surface area (Å²) < 4.78 is 13.3. The monoisotopic (exact) mass is 357 g/mol. The molecule has 1 heterocycles. The highest BCUT2D eigenvalue weighted by Crippen LogP contribution is 2.40. The summed E-state index contributed by atoms with van der Waals surface area (Å²) in [6.45, 7) is 0.905. The fourth-order valence-corrected chi connectivity index (χ4v) is 4.34. The van der Waals surface area contributed by atoms with Gasteiger partial charge in [-0.25, -0.2) is 4.39 Å². The molecule has 0 unspecified atom stereocenters. The highest BCUT2D eigenvalue weighted by Gasteiger charge is 2.13. The van der Waals surface area contributed by atoms with Crippen molar-refractivity contribution in [1.82, 2.24) is 4.90 Å². The van der Waals surface area contributed by atoms with Crippen molar-refractivity contribution in [3.8, 4) is 21.6 Å². The predicted octanol–water partition coefficient (Wildman–Crippen LogP) is 6.00. The van der Waals surface area contributed by atoms with Crippen molar-refractivity contribution < 1.29 is 4.39 Å². The van der Waals surface area contributed by atoms with E-state index in [1.165, 1.54) is 37.9 Å². The molecule has 1 nitrogen and oxygen atoms in total. The van der Waals surface area contributed by atoms with Gasteiger partial charge in [0.1, 0.15) is 5.82 Å². The van der Waals surface area contributed by atoms with E-state index in [2.05, 4.69) is 55.6 Å². The van der Waals surface area contributed by atoms with E-state index in [0.29, 0.717) is 0 Å². The molecule has 0 bridgehead atoms. The van der Waals surface area contributed by atoms with E-state index in [1.807, 2.05) is 12.1 Å². The fraction of sp³-hybridized carbons (Fsp3) is 0.200. The first-order valence-corrected chi connectivity index (χ1v) is 9.79. The first-order chi connectivity index (χ1) is 11.6. The predicted molar refractivity (Wildman–Crippen MR) is 104 cm³/mol. The molecule has 2 aromatic carbocycles. The highest BCUT2D eigenvalue weighted by atomic mass is 32.2. The summed E-state index contributed by atoms with van der Waals surface area (Å²) in [5.74, 6) is -0.199. The maximum atomic E-state index is 13.3. The van der Waals surface area contributed by atoms with Gasteiger partial charge in [0.15, 0.2) is 0 Å². The van der Waals surface area contributed by atoms with Gasteiger partial charge in [0.05, 0.1) is 0 Å². The molecule has 0 aliphatic rings. The zero-order chi connectivity index (χ0) is 17.1. The molecular weight excluding hydrogens is 337 g/mol. The van der Waals surface area contributed by atoms with Crippen molar-refractivity contribution in [2.24, 2.45) is 0 Å². The summed E-state index contributed by atoms with van der Waals surface area (Å²) in [7, 11) is 4.15. The lowest BCUT2D eigenvalue weighted by atomic mass is 10.0. The Hall–Kier alpha value is -1.62. The summed E-state index contributed by atoms with van der Waals surface area (Å²) >= 11 is 3.53. The maximum Gasteiger partial charge on any atom is 0.123 e. The van der Waals surface area contributed by atoms with E-state index in [-0.39, 0.29) is 5.82 Å². The number of thiophene rings is 1. The summed E-state index contributed by atoms with van der Waals surface area (Å²) in [6.07, 6.45) is 2.08. The second-order valence-corrected chi connectivity index (χ2v) is 7.95. The number of hydrogen-bond donors (Lipinski definition) is 0. The van der Waals surface area contributed by atoms with Crippen LogP contribution < -0.4 is 0 Å². The van der Waals surface area contributed by atoms with Gasteiger partial charge in [0.2, 0.25) is 0 Å². The van der Waals surface area contributed by atoms with Crippen LogP contribution >= 0.6 is 23.1 Å². The molecule has 0 saturated heterocycles. The van der Waals surface area contributed by atoms with E-state index in [0.717, 1.165) is 12.1 Å². The normalized spacial score (nSPS) is 11.2. The van der Waals surface area contributed by atoms with E-state index in [4.69, 9.17) is 0 Å². The SMILES string of the molecule is CSc1ccc(-c2cc(CN(C)C)sc2-c2ccc(F)cc2)cc1. The summed E-state index contributed by atoms with van der Waals surface area (Å²) in [5.41, 5.74) is 3.49. The van der Waals surface area contributed by atoms with Crippen molar-refractivity contribution in [3.63, 3.8) is 0 Å². The number of rotatable bonds is 5. The zero-order valence-corrected chi connectivity index (χ0v) is 15.7. The van der Waals surface area contributed by atoms with Gasteiger partial charge in [0.25, 0.3) is 0 Å². The van der Waals surface area contributed by atoms with Crippen LogP contribution in [-0.2, 0) is 6.54 Å². The molecule has 0 atom stereocenters. The number of hydrogen-bond acceptors (Lipinski definition) is 3. The van der Waals surface area contributed by atoms with Crippen LogP contribution in [0, 0.1) is 5.82 Å². The largest absolute Gasteiger partial charge is 0.304 e. The van der Waals surface area contributed by atoms with Crippen LogP contribution in [0.2, 0.25) is 0 Å². The van der Waals surface area contributed by atoms with E-state index in [1.54, 1.807) is 23.1 Å². The average Bonchev–Trinajstić information content (AvgIpc) is 2.98. The minimum atomic E-state index is -0.199. The molecule has 1 aromatic heterocycles. The van der Waals surface area contributed by atoms with E-state index >= 15 is 0 Å². The van der Waals surface area contributed by atoms with Gasteiger partial charge >= 0.3 is 0 Å². The average molecular weight is 358 g/mol. The molecule has 0 aliphatic heterocycles. The molecule has 124 valence electrons. The first-order valence-electron chi connectivity index (χ1n) is 7.74. The Kier molecular flexibility index (Phi) is 5.39. The van der Waals surface area contributed by atoms with Crippen molar-refractivity contribution in [1.29, 1.82) is 0 Å². The Morgan fingerprint density at radius 3 is 2.17 bits per heavy atom. The summed E-state index contributed by atoms with van der Waals surface area (Å²) in [5, 5.41) is 0. The van der Waals surface area contributed by atoms with Crippen LogP contribution in [0.5, 0.6) is 0 Å². The topological polar surface area (TPSA) is 3.24 Å². The Morgan fingerprint density at radius 1 is 0.958 bits per heavy atom. The lowest BCUT2D eigenvalue weighted by Crippen LogP contribution is -2.09. The van der Waals surface area contributed by atoms with Gasteiger partial charge in [0, 0.05) is 26.8 Å². The molecule has 3 aromatic rings. The number of nitrogens with zero attached hydrogens (tertiary/aromatic N) is 1. The van der Waals surface area contributed by atoms with Crippen LogP contribution in [0.4, 0.5) is 4.39 Å². The van der Waals surface area contributed by atoms with Crippen molar-refractivity contribution in [3.05, 3.63) is 65.3 Å². The van der Waals surface area contributed by atoms with Crippen molar-refractivity contribution in [2.75, 3.05) is 20.4 Å². The van der Waals surface area contributed by atoms with Crippen molar-refractivity contribution >= 4 is 23.1 Å². The second kappa shape index (κ2) is 7.51. The quantitative estimate of drug-likeness (QED) is 0.515. The third-order valence-electron chi connectivity index (χ3n) is 3.76. The molecule has 0 radical (unpaired) electrons. The zero-order valence-electron chi connectivity index (χ0n) is 14.0. The highest BCUT2D eigenvalue weighted by molar-refractivity contribution is 7.98. The molecule has 24 heavy (non-hydrogen) atoms. The smallest absolute Gasteiger partial charge is 0.123 e. The summed E-state index contributed by atoms with van der Waals surface area (Å²) in [4.78, 5) is 5.93. The van der Waals surface area contributed by atoms with E-state index < -0.39 is 0 Å². The van der Waals surface area contributed by atoms with Gasteiger partial charge < -0.3 is 4.90 Å². The lowest BCUT2D eigenvalue weighted by molar-refractivity contribution is 0.406. The Bertz CT molecular complexity index is 805. The van der Waals surface area contributed by atoms with Gasteiger partial charge in [-0.2, -0.15) is 0 Å². The molecule has 4 heteroatoms.